The molecule has 0 heterocycles. The second kappa shape index (κ2) is 10.9. The first-order valence-electron chi connectivity index (χ1n) is 18.8. The molecule has 50 heavy (non-hydrogen) atoms. The van der Waals surface area contributed by atoms with E-state index >= 15 is 0 Å². The molecule has 1 unspecified atom stereocenters. The normalized spacial score (nSPS) is 16.2. The van der Waals surface area contributed by atoms with Crippen LogP contribution in [0.15, 0.2) is 176 Å². The highest BCUT2D eigenvalue weighted by Gasteiger charge is 2.34. The van der Waals surface area contributed by atoms with E-state index in [1.54, 1.807) is 0 Å². The Morgan fingerprint density at radius 2 is 1.08 bits per heavy atom. The van der Waals surface area contributed by atoms with Gasteiger partial charge in [-0.1, -0.05) is 153 Å². The molecule has 0 aliphatic heterocycles. The summed E-state index contributed by atoms with van der Waals surface area (Å²) in [7, 11) is 0. The topological polar surface area (TPSA) is 3.24 Å². The number of benzene rings is 9. The lowest BCUT2D eigenvalue weighted by Crippen LogP contribution is -2.15. The van der Waals surface area contributed by atoms with Crippen LogP contribution in [0.4, 0.5) is 17.1 Å². The first kappa shape index (κ1) is 25.8. The van der Waals surface area contributed by atoms with E-state index in [4.69, 9.17) is 4.11 Å². The van der Waals surface area contributed by atoms with Crippen LogP contribution in [0.1, 0.15) is 29.0 Å². The molecule has 0 radical (unpaired) electrons. The van der Waals surface area contributed by atoms with Crippen molar-refractivity contribution in [2.24, 2.45) is 0 Å². The maximum Gasteiger partial charge on any atom is 0.0540 e. The summed E-state index contributed by atoms with van der Waals surface area (Å²) in [6.07, 6.45) is 0. The molecule has 236 valence electrons. The fraction of sp³-hybridized carbons (Fsp3) is 0.0612. The fourth-order valence-corrected chi connectivity index (χ4v) is 8.33. The van der Waals surface area contributed by atoms with E-state index in [1.807, 2.05) is 19.1 Å². The van der Waals surface area contributed by atoms with Gasteiger partial charge in [-0.3, -0.25) is 0 Å². The van der Waals surface area contributed by atoms with Gasteiger partial charge >= 0.3 is 0 Å². The number of rotatable bonds is 5. The highest BCUT2D eigenvalue weighted by molar-refractivity contribution is 6.16. The van der Waals surface area contributed by atoms with Gasteiger partial charge in [-0.05, 0) is 102 Å². The molecule has 1 aliphatic carbocycles. The number of hydrogen-bond donors (Lipinski definition) is 0. The van der Waals surface area contributed by atoms with Gasteiger partial charge in [0.15, 0.2) is 0 Å². The number of anilines is 3. The van der Waals surface area contributed by atoms with Crippen molar-refractivity contribution in [3.05, 3.63) is 187 Å². The van der Waals surface area contributed by atoms with Crippen molar-refractivity contribution in [3.8, 4) is 22.3 Å². The highest BCUT2D eigenvalue weighted by atomic mass is 15.1. The molecule has 9 aromatic rings. The summed E-state index contributed by atoms with van der Waals surface area (Å²) < 4.78 is 26.1. The van der Waals surface area contributed by atoms with Gasteiger partial charge in [-0.2, -0.15) is 0 Å². The average Bonchev–Trinajstić information content (AvgIpc) is 3.47. The smallest absolute Gasteiger partial charge is 0.0540 e. The molecule has 0 saturated carbocycles. The van der Waals surface area contributed by atoms with Gasteiger partial charge < -0.3 is 4.90 Å². The monoisotopic (exact) mass is 640 g/mol. The zero-order valence-corrected chi connectivity index (χ0v) is 27.7. The first-order chi connectivity index (χ1) is 25.8. The van der Waals surface area contributed by atoms with E-state index in [-0.39, 0.29) is 0 Å². The number of hydrogen-bond acceptors (Lipinski definition) is 1. The second-order valence-electron chi connectivity index (χ2n) is 13.6. The Kier molecular flexibility index (Phi) is 5.63. The minimum atomic E-state index is -2.20. The molecule has 1 aliphatic rings. The molecular weight excluding hydrogens is 603 g/mol. The standard InChI is InChI=1S/C49H35N/c1-49(2)43-20-10-14-35-26-27-36-30-37(31-44(49)48(36)47(35)43)32-22-24-34(25-23-32)39-28-29-46(42-19-9-8-18-41(39)42)50(38-15-4-3-5-16-38)45-21-11-13-33-12-6-7-17-40(33)45/h3-31H,1-2H3/i1D3. The van der Waals surface area contributed by atoms with Crippen LogP contribution in [-0.4, -0.2) is 0 Å². The fourth-order valence-electron chi connectivity index (χ4n) is 8.33. The van der Waals surface area contributed by atoms with Crippen molar-refractivity contribution in [1.82, 2.24) is 0 Å². The van der Waals surface area contributed by atoms with Gasteiger partial charge in [-0.15, -0.1) is 0 Å². The van der Waals surface area contributed by atoms with E-state index in [0.29, 0.717) is 0 Å². The SMILES string of the molecule is [2H]C([2H])([2H])C1(C)c2cccc3ccc4cc(-c5ccc(-c6ccc(N(c7ccccc7)c7cccc8ccccc78)c7ccccc67)cc5)cc1c4c23. The molecule has 0 aromatic heterocycles. The van der Waals surface area contributed by atoms with Crippen LogP contribution < -0.4 is 4.90 Å². The number of fused-ring (bicyclic) bond motifs is 2. The van der Waals surface area contributed by atoms with Crippen molar-refractivity contribution in [1.29, 1.82) is 0 Å². The lowest BCUT2D eigenvalue weighted by atomic mass is 9.81. The van der Waals surface area contributed by atoms with Crippen LogP contribution in [0.5, 0.6) is 0 Å². The van der Waals surface area contributed by atoms with Crippen molar-refractivity contribution in [3.63, 3.8) is 0 Å². The molecule has 1 nitrogen and oxygen atoms in total. The van der Waals surface area contributed by atoms with Crippen LogP contribution in [0, 0.1) is 0 Å². The molecule has 9 aromatic carbocycles. The molecular formula is C49H35N. The third-order valence-corrected chi connectivity index (χ3v) is 10.7. The van der Waals surface area contributed by atoms with Gasteiger partial charge in [0.25, 0.3) is 0 Å². The first-order valence-corrected chi connectivity index (χ1v) is 17.3. The third-order valence-electron chi connectivity index (χ3n) is 10.7. The minimum absolute atomic E-state index is 0.886. The van der Waals surface area contributed by atoms with Crippen LogP contribution in [-0.2, 0) is 5.41 Å². The van der Waals surface area contributed by atoms with E-state index in [2.05, 4.69) is 169 Å². The van der Waals surface area contributed by atoms with Crippen LogP contribution in [0.2, 0.25) is 0 Å². The zero-order chi connectivity index (χ0) is 35.9. The Labute approximate surface area is 296 Å². The van der Waals surface area contributed by atoms with Gasteiger partial charge in [0.1, 0.15) is 0 Å². The molecule has 0 amide bonds. The summed E-state index contributed by atoms with van der Waals surface area (Å²) in [5, 5.41) is 9.04. The van der Waals surface area contributed by atoms with E-state index in [0.717, 1.165) is 72.0 Å². The Balaban J connectivity index is 1.09. The molecule has 1 heteroatoms. The molecule has 0 spiro atoms. The summed E-state index contributed by atoms with van der Waals surface area (Å²) in [4.78, 5) is 2.38. The quantitative estimate of drug-likeness (QED) is 0.169. The maximum absolute atomic E-state index is 8.70. The Morgan fingerprint density at radius 3 is 1.92 bits per heavy atom. The van der Waals surface area contributed by atoms with Gasteiger partial charge in [0.2, 0.25) is 0 Å². The van der Waals surface area contributed by atoms with Crippen LogP contribution in [0.3, 0.4) is 0 Å². The summed E-state index contributed by atoms with van der Waals surface area (Å²) in [6, 6.07) is 62.2. The highest BCUT2D eigenvalue weighted by Crippen LogP contribution is 2.50. The van der Waals surface area contributed by atoms with E-state index < -0.39 is 12.3 Å². The van der Waals surface area contributed by atoms with Crippen molar-refractivity contribution < 1.29 is 4.11 Å². The predicted molar refractivity (Wildman–Crippen MR) is 214 cm³/mol. The summed E-state index contributed by atoms with van der Waals surface area (Å²) in [5.74, 6) is 0. The molecule has 10 rings (SSSR count). The van der Waals surface area contributed by atoms with E-state index in [9.17, 15) is 0 Å². The Bertz CT molecular complexity index is 2890. The van der Waals surface area contributed by atoms with Gasteiger partial charge in [0.05, 0.1) is 11.4 Å². The van der Waals surface area contributed by atoms with Crippen LogP contribution in [0.25, 0.3) is 65.3 Å². The number of nitrogens with zero attached hydrogens (tertiary/aromatic N) is 1. The minimum Gasteiger partial charge on any atom is -0.309 e. The van der Waals surface area contributed by atoms with Crippen molar-refractivity contribution in [2.75, 3.05) is 4.90 Å². The number of para-hydroxylation sites is 1. The van der Waals surface area contributed by atoms with Crippen molar-refractivity contribution in [2.45, 2.75) is 19.2 Å². The zero-order valence-electron chi connectivity index (χ0n) is 30.7. The summed E-state index contributed by atoms with van der Waals surface area (Å²) in [6.45, 7) is -0.309. The maximum atomic E-state index is 8.70. The summed E-state index contributed by atoms with van der Waals surface area (Å²) >= 11 is 0. The molecule has 0 fully saturated rings. The van der Waals surface area contributed by atoms with Gasteiger partial charge in [-0.25, -0.2) is 0 Å². The predicted octanol–water partition coefficient (Wildman–Crippen LogP) is 13.7. The Hall–Kier alpha value is -6.18. The second-order valence-corrected chi connectivity index (χ2v) is 13.6. The third kappa shape index (κ3) is 4.27. The lowest BCUT2D eigenvalue weighted by molar-refractivity contribution is 0.663. The lowest BCUT2D eigenvalue weighted by Gasteiger charge is -2.28. The largest absolute Gasteiger partial charge is 0.309 e. The average molecular weight is 641 g/mol. The molecule has 0 saturated heterocycles. The Morgan fingerprint density at radius 1 is 0.440 bits per heavy atom. The van der Waals surface area contributed by atoms with Crippen LogP contribution >= 0.6 is 0 Å². The van der Waals surface area contributed by atoms with E-state index in [1.165, 1.54) is 21.5 Å². The van der Waals surface area contributed by atoms with Crippen molar-refractivity contribution >= 4 is 60.2 Å². The molecule has 0 bridgehead atoms. The summed E-state index contributed by atoms with van der Waals surface area (Å²) in [5.41, 5.74) is 8.40. The van der Waals surface area contributed by atoms with Gasteiger partial charge in [0, 0.05) is 26.0 Å². The molecule has 1 atom stereocenters. The molecule has 0 N–H and O–H groups in total.